The minimum Gasteiger partial charge on any atom is -0.396 e. The molecule has 88 valence electrons. The van der Waals surface area contributed by atoms with Crippen molar-refractivity contribution in [3.63, 3.8) is 0 Å². The lowest BCUT2D eigenvalue weighted by molar-refractivity contribution is -0.127. The monoisotopic (exact) mass is 214 g/mol. The third-order valence-corrected chi connectivity index (χ3v) is 2.91. The number of carbonyl (C=O) groups excluding carboxylic acids is 1. The molecule has 0 unspecified atom stereocenters. The largest absolute Gasteiger partial charge is 0.396 e. The van der Waals surface area contributed by atoms with Crippen molar-refractivity contribution in [1.82, 2.24) is 10.6 Å². The molecule has 1 aliphatic rings. The Labute approximate surface area is 91.4 Å². The Bertz CT molecular complexity index is 211. The topological polar surface area (TPSA) is 61.4 Å². The van der Waals surface area contributed by atoms with Gasteiger partial charge in [-0.25, -0.2) is 0 Å². The van der Waals surface area contributed by atoms with E-state index in [1.54, 1.807) is 0 Å². The number of hydrogen-bond acceptors (Lipinski definition) is 3. The molecule has 1 heterocycles. The summed E-state index contributed by atoms with van der Waals surface area (Å²) in [5, 5.41) is 15.1. The predicted molar refractivity (Wildman–Crippen MR) is 59.5 cm³/mol. The van der Waals surface area contributed by atoms with Crippen LogP contribution in [0.3, 0.4) is 0 Å². The van der Waals surface area contributed by atoms with E-state index < -0.39 is 0 Å². The van der Waals surface area contributed by atoms with Gasteiger partial charge >= 0.3 is 0 Å². The fourth-order valence-corrected chi connectivity index (χ4v) is 1.86. The predicted octanol–water partition coefficient (Wildman–Crippen LogP) is 0.263. The van der Waals surface area contributed by atoms with Crippen LogP contribution in [0.4, 0.5) is 0 Å². The number of piperidine rings is 1. The van der Waals surface area contributed by atoms with Crippen LogP contribution in [-0.2, 0) is 4.79 Å². The molecule has 0 saturated carbocycles. The summed E-state index contributed by atoms with van der Waals surface area (Å²) in [6.07, 6.45) is 2.44. The maximum Gasteiger partial charge on any atom is 0.223 e. The minimum absolute atomic E-state index is 0.111. The van der Waals surface area contributed by atoms with Crippen LogP contribution in [0.25, 0.3) is 0 Å². The van der Waals surface area contributed by atoms with Gasteiger partial charge in [0.25, 0.3) is 0 Å². The van der Waals surface area contributed by atoms with Crippen molar-refractivity contribution in [2.75, 3.05) is 19.7 Å². The SMILES string of the molecule is CC(C)(CCO)NC(=O)C1CCNCC1. The lowest BCUT2D eigenvalue weighted by Gasteiger charge is -2.29. The molecule has 1 fully saturated rings. The summed E-state index contributed by atoms with van der Waals surface area (Å²) in [5.74, 6) is 0.277. The van der Waals surface area contributed by atoms with Crippen LogP contribution in [-0.4, -0.2) is 36.2 Å². The van der Waals surface area contributed by atoms with E-state index in [-0.39, 0.29) is 24.0 Å². The maximum atomic E-state index is 11.9. The highest BCUT2D eigenvalue weighted by molar-refractivity contribution is 5.79. The Morgan fingerprint density at radius 3 is 2.60 bits per heavy atom. The van der Waals surface area contributed by atoms with Crippen LogP contribution in [0.1, 0.15) is 33.1 Å². The van der Waals surface area contributed by atoms with Gasteiger partial charge in [0.05, 0.1) is 0 Å². The Morgan fingerprint density at radius 1 is 1.47 bits per heavy atom. The summed E-state index contributed by atoms with van der Waals surface area (Å²) in [4.78, 5) is 11.9. The molecule has 15 heavy (non-hydrogen) atoms. The van der Waals surface area contributed by atoms with Gasteiger partial charge in [0.2, 0.25) is 5.91 Å². The first-order valence-corrected chi connectivity index (χ1v) is 5.69. The first-order valence-electron chi connectivity index (χ1n) is 5.69. The number of amides is 1. The van der Waals surface area contributed by atoms with Crippen LogP contribution in [0.15, 0.2) is 0 Å². The Kier molecular flexibility index (Phi) is 4.54. The molecule has 1 saturated heterocycles. The first-order chi connectivity index (χ1) is 7.05. The van der Waals surface area contributed by atoms with E-state index in [0.717, 1.165) is 25.9 Å². The summed E-state index contributed by atoms with van der Waals surface area (Å²) >= 11 is 0. The number of hydrogen-bond donors (Lipinski definition) is 3. The molecule has 0 aromatic heterocycles. The van der Waals surface area contributed by atoms with E-state index in [9.17, 15) is 4.79 Å². The summed E-state index contributed by atoms with van der Waals surface area (Å²) in [6, 6.07) is 0. The van der Waals surface area contributed by atoms with Crippen LogP contribution in [0.2, 0.25) is 0 Å². The zero-order valence-corrected chi connectivity index (χ0v) is 9.68. The van der Waals surface area contributed by atoms with Gasteiger partial charge in [-0.1, -0.05) is 0 Å². The van der Waals surface area contributed by atoms with Gasteiger partial charge in [0.15, 0.2) is 0 Å². The van der Waals surface area contributed by atoms with Gasteiger partial charge in [0.1, 0.15) is 0 Å². The fraction of sp³-hybridized carbons (Fsp3) is 0.909. The summed E-state index contributed by atoms with van der Waals surface area (Å²) < 4.78 is 0. The van der Waals surface area contributed by atoms with Crippen molar-refractivity contribution in [1.29, 1.82) is 0 Å². The van der Waals surface area contributed by atoms with Gasteiger partial charge in [-0.05, 0) is 46.2 Å². The Morgan fingerprint density at radius 2 is 2.07 bits per heavy atom. The standard InChI is InChI=1S/C11H22N2O2/c1-11(2,5-8-14)13-10(15)9-3-6-12-7-4-9/h9,12,14H,3-8H2,1-2H3,(H,13,15). The summed E-state index contributed by atoms with van der Waals surface area (Å²) in [6.45, 7) is 5.86. The molecule has 0 radical (unpaired) electrons. The van der Waals surface area contributed by atoms with E-state index in [1.165, 1.54) is 0 Å². The van der Waals surface area contributed by atoms with Crippen molar-refractivity contribution in [2.45, 2.75) is 38.6 Å². The second-order valence-electron chi connectivity index (χ2n) is 4.87. The van der Waals surface area contributed by atoms with Crippen molar-refractivity contribution in [2.24, 2.45) is 5.92 Å². The molecule has 0 aromatic carbocycles. The van der Waals surface area contributed by atoms with Crippen LogP contribution in [0.5, 0.6) is 0 Å². The molecule has 4 nitrogen and oxygen atoms in total. The van der Waals surface area contributed by atoms with Crippen molar-refractivity contribution in [3.8, 4) is 0 Å². The average Bonchev–Trinajstić information content (AvgIpc) is 2.18. The van der Waals surface area contributed by atoms with E-state index in [0.29, 0.717) is 6.42 Å². The maximum absolute atomic E-state index is 11.9. The zero-order valence-electron chi connectivity index (χ0n) is 9.68. The highest BCUT2D eigenvalue weighted by Gasteiger charge is 2.26. The van der Waals surface area contributed by atoms with Crippen LogP contribution >= 0.6 is 0 Å². The van der Waals surface area contributed by atoms with E-state index >= 15 is 0 Å². The molecular weight excluding hydrogens is 192 g/mol. The highest BCUT2D eigenvalue weighted by atomic mass is 16.3. The molecule has 0 atom stereocenters. The lowest BCUT2D eigenvalue weighted by Crippen LogP contribution is -2.48. The number of aliphatic hydroxyl groups is 1. The average molecular weight is 214 g/mol. The fourth-order valence-electron chi connectivity index (χ4n) is 1.86. The van der Waals surface area contributed by atoms with Crippen LogP contribution < -0.4 is 10.6 Å². The molecule has 0 aliphatic carbocycles. The first kappa shape index (κ1) is 12.5. The molecule has 1 rings (SSSR count). The number of aliphatic hydroxyl groups excluding tert-OH is 1. The molecule has 3 N–H and O–H groups in total. The smallest absolute Gasteiger partial charge is 0.223 e. The molecule has 4 heteroatoms. The Hall–Kier alpha value is -0.610. The molecule has 0 aromatic rings. The third-order valence-electron chi connectivity index (χ3n) is 2.91. The van der Waals surface area contributed by atoms with Crippen molar-refractivity contribution in [3.05, 3.63) is 0 Å². The number of carbonyl (C=O) groups is 1. The van der Waals surface area contributed by atoms with Gasteiger partial charge in [-0.2, -0.15) is 0 Å². The Balaban J connectivity index is 2.39. The molecule has 0 spiro atoms. The minimum atomic E-state index is -0.295. The van der Waals surface area contributed by atoms with Crippen LogP contribution in [0, 0.1) is 5.92 Å². The van der Waals surface area contributed by atoms with E-state index in [2.05, 4.69) is 10.6 Å². The molecular formula is C11H22N2O2. The zero-order chi connectivity index (χ0) is 11.3. The second-order valence-corrected chi connectivity index (χ2v) is 4.87. The highest BCUT2D eigenvalue weighted by Crippen LogP contribution is 2.15. The molecule has 1 amide bonds. The molecule has 0 bridgehead atoms. The van der Waals surface area contributed by atoms with Gasteiger partial charge in [0, 0.05) is 18.1 Å². The normalized spacial score (nSPS) is 18.9. The van der Waals surface area contributed by atoms with Gasteiger partial charge < -0.3 is 15.7 Å². The summed E-state index contributed by atoms with van der Waals surface area (Å²) in [7, 11) is 0. The third kappa shape index (κ3) is 4.18. The second kappa shape index (κ2) is 5.47. The lowest BCUT2D eigenvalue weighted by atomic mass is 9.94. The van der Waals surface area contributed by atoms with E-state index in [4.69, 9.17) is 5.11 Å². The van der Waals surface area contributed by atoms with Crippen molar-refractivity contribution < 1.29 is 9.90 Å². The van der Waals surface area contributed by atoms with Gasteiger partial charge in [-0.15, -0.1) is 0 Å². The summed E-state index contributed by atoms with van der Waals surface area (Å²) in [5.41, 5.74) is -0.295. The molecule has 1 aliphatic heterocycles. The van der Waals surface area contributed by atoms with Crippen molar-refractivity contribution >= 4 is 5.91 Å². The van der Waals surface area contributed by atoms with E-state index in [1.807, 2.05) is 13.8 Å². The number of nitrogens with one attached hydrogen (secondary N) is 2. The quantitative estimate of drug-likeness (QED) is 0.629. The van der Waals surface area contributed by atoms with Gasteiger partial charge in [-0.3, -0.25) is 4.79 Å². The number of rotatable bonds is 4.